The number of amides is 2. The van der Waals surface area contributed by atoms with E-state index in [9.17, 15) is 9.59 Å². The number of carbonyl (C=O) groups is 2. The second kappa shape index (κ2) is 9.35. The summed E-state index contributed by atoms with van der Waals surface area (Å²) in [5.41, 5.74) is 4.75. The van der Waals surface area contributed by atoms with Crippen molar-refractivity contribution in [2.24, 2.45) is 0 Å². The molecular weight excluding hydrogens is 248 g/mol. The molecule has 0 aliphatic carbocycles. The van der Waals surface area contributed by atoms with Gasteiger partial charge in [-0.2, -0.15) is 0 Å². The first-order chi connectivity index (χ1) is 9.24. The molecule has 1 saturated heterocycles. The van der Waals surface area contributed by atoms with Gasteiger partial charge in [0.1, 0.15) is 0 Å². The second-order valence-electron chi connectivity index (χ2n) is 4.16. The zero-order valence-electron chi connectivity index (χ0n) is 11.3. The Morgan fingerprint density at radius 2 is 2.00 bits per heavy atom. The minimum absolute atomic E-state index is 0.493. The fourth-order valence-electron chi connectivity index (χ4n) is 1.66. The number of carbonyl (C=O) groups excluding carboxylic acids is 2. The summed E-state index contributed by atoms with van der Waals surface area (Å²) in [4.78, 5) is 24.9. The largest absolute Gasteiger partial charge is 0.379 e. The summed E-state index contributed by atoms with van der Waals surface area (Å²) in [5, 5.41) is 2.58. The molecular formula is C12H22N4O3. The summed E-state index contributed by atoms with van der Waals surface area (Å²) in [6.07, 6.45) is 4.06. The van der Waals surface area contributed by atoms with Gasteiger partial charge in [-0.05, 0) is 19.9 Å². The number of allylic oxidation sites excluding steroid dienone is 1. The summed E-state index contributed by atoms with van der Waals surface area (Å²) in [6.45, 7) is 6.60. The van der Waals surface area contributed by atoms with Gasteiger partial charge in [0, 0.05) is 25.8 Å². The highest BCUT2D eigenvalue weighted by Gasteiger charge is 2.12. The Hall–Kier alpha value is -1.60. The minimum Gasteiger partial charge on any atom is -0.379 e. The molecule has 3 N–H and O–H groups in total. The molecule has 0 aromatic rings. The fourth-order valence-corrected chi connectivity index (χ4v) is 1.66. The number of hydrogen-bond donors (Lipinski definition) is 3. The van der Waals surface area contributed by atoms with Crippen molar-refractivity contribution in [3.63, 3.8) is 0 Å². The molecule has 1 fully saturated rings. The molecule has 0 bridgehead atoms. The van der Waals surface area contributed by atoms with E-state index in [4.69, 9.17) is 4.74 Å². The molecule has 2 amide bonds. The standard InChI is InChI=1S/C12H22N4O3/c1-2-4-14-15-12(18)11(17)13-5-3-6-16-7-9-19-10-8-16/h2,4,14H,3,5-10H2,1H3,(H,13,17)(H,15,18)/b4-2-. The SMILES string of the molecule is C/C=C\NNC(=O)C(=O)NCCCN1CCOCC1. The van der Waals surface area contributed by atoms with Crippen molar-refractivity contribution in [2.75, 3.05) is 39.4 Å². The maximum atomic E-state index is 11.4. The lowest BCUT2D eigenvalue weighted by atomic mass is 10.3. The van der Waals surface area contributed by atoms with Crippen LogP contribution in [0, 0.1) is 0 Å². The van der Waals surface area contributed by atoms with Crippen LogP contribution in [-0.2, 0) is 14.3 Å². The summed E-state index contributed by atoms with van der Waals surface area (Å²) in [6, 6.07) is 0. The van der Waals surface area contributed by atoms with Gasteiger partial charge < -0.3 is 15.5 Å². The van der Waals surface area contributed by atoms with Crippen molar-refractivity contribution in [3.05, 3.63) is 12.3 Å². The first-order valence-corrected chi connectivity index (χ1v) is 6.49. The van der Waals surface area contributed by atoms with E-state index in [1.54, 1.807) is 13.0 Å². The van der Waals surface area contributed by atoms with Gasteiger partial charge in [-0.15, -0.1) is 0 Å². The van der Waals surface area contributed by atoms with Crippen molar-refractivity contribution in [3.8, 4) is 0 Å². The molecule has 0 spiro atoms. The summed E-state index contributed by atoms with van der Waals surface area (Å²) in [7, 11) is 0. The number of ether oxygens (including phenoxy) is 1. The van der Waals surface area contributed by atoms with Gasteiger partial charge in [-0.25, -0.2) is 0 Å². The van der Waals surface area contributed by atoms with E-state index in [0.717, 1.165) is 39.3 Å². The lowest BCUT2D eigenvalue weighted by molar-refractivity contribution is -0.139. The summed E-state index contributed by atoms with van der Waals surface area (Å²) in [5.74, 6) is -1.32. The third kappa shape index (κ3) is 6.78. The third-order valence-electron chi connectivity index (χ3n) is 2.68. The molecule has 0 radical (unpaired) electrons. The second-order valence-corrected chi connectivity index (χ2v) is 4.16. The minimum atomic E-state index is -0.690. The molecule has 0 unspecified atom stereocenters. The molecule has 1 heterocycles. The molecule has 7 nitrogen and oxygen atoms in total. The van der Waals surface area contributed by atoms with E-state index >= 15 is 0 Å². The molecule has 7 heteroatoms. The van der Waals surface area contributed by atoms with E-state index in [1.165, 1.54) is 6.20 Å². The quantitative estimate of drug-likeness (QED) is 0.327. The highest BCUT2D eigenvalue weighted by Crippen LogP contribution is 1.97. The zero-order valence-corrected chi connectivity index (χ0v) is 11.3. The predicted molar refractivity (Wildman–Crippen MR) is 71.0 cm³/mol. The summed E-state index contributed by atoms with van der Waals surface area (Å²) >= 11 is 0. The molecule has 1 aliphatic heterocycles. The number of nitrogens with zero attached hydrogens (tertiary/aromatic N) is 1. The van der Waals surface area contributed by atoms with Gasteiger partial charge in [-0.3, -0.25) is 19.9 Å². The van der Waals surface area contributed by atoms with Crippen LogP contribution in [0.15, 0.2) is 12.3 Å². The van der Waals surface area contributed by atoms with E-state index in [0.29, 0.717) is 6.54 Å². The van der Waals surface area contributed by atoms with E-state index in [2.05, 4.69) is 21.1 Å². The van der Waals surface area contributed by atoms with Crippen molar-refractivity contribution in [1.82, 2.24) is 21.1 Å². The van der Waals surface area contributed by atoms with Crippen LogP contribution in [0.5, 0.6) is 0 Å². The topological polar surface area (TPSA) is 82.7 Å². The molecule has 0 atom stereocenters. The van der Waals surface area contributed by atoms with Gasteiger partial charge in [0.2, 0.25) is 0 Å². The van der Waals surface area contributed by atoms with Crippen molar-refractivity contribution in [2.45, 2.75) is 13.3 Å². The first-order valence-electron chi connectivity index (χ1n) is 6.49. The smallest absolute Gasteiger partial charge is 0.327 e. The highest BCUT2D eigenvalue weighted by molar-refractivity contribution is 6.34. The monoisotopic (exact) mass is 270 g/mol. The summed E-state index contributed by atoms with van der Waals surface area (Å²) < 4.78 is 5.25. The number of hydrogen-bond acceptors (Lipinski definition) is 5. The zero-order chi connectivity index (χ0) is 13.9. The first kappa shape index (κ1) is 15.5. The molecule has 19 heavy (non-hydrogen) atoms. The average molecular weight is 270 g/mol. The number of morpholine rings is 1. The van der Waals surface area contributed by atoms with Crippen LogP contribution in [-0.4, -0.2) is 56.1 Å². The van der Waals surface area contributed by atoms with E-state index < -0.39 is 11.8 Å². The van der Waals surface area contributed by atoms with Crippen molar-refractivity contribution >= 4 is 11.8 Å². The average Bonchev–Trinajstić information content (AvgIpc) is 2.44. The van der Waals surface area contributed by atoms with Crippen LogP contribution in [0.4, 0.5) is 0 Å². The Bertz CT molecular complexity index is 314. The van der Waals surface area contributed by atoms with Gasteiger partial charge >= 0.3 is 11.8 Å². The van der Waals surface area contributed by atoms with Crippen LogP contribution in [0.1, 0.15) is 13.3 Å². The van der Waals surface area contributed by atoms with Crippen molar-refractivity contribution < 1.29 is 14.3 Å². The molecule has 108 valence electrons. The Morgan fingerprint density at radius 3 is 2.68 bits per heavy atom. The Morgan fingerprint density at radius 1 is 1.26 bits per heavy atom. The maximum absolute atomic E-state index is 11.4. The van der Waals surface area contributed by atoms with E-state index in [-0.39, 0.29) is 0 Å². The number of hydrazine groups is 1. The lowest BCUT2D eigenvalue weighted by Crippen LogP contribution is -2.45. The van der Waals surface area contributed by atoms with Gasteiger partial charge in [-0.1, -0.05) is 6.08 Å². The fraction of sp³-hybridized carbons (Fsp3) is 0.667. The predicted octanol–water partition coefficient (Wildman–Crippen LogP) is -1.02. The highest BCUT2D eigenvalue weighted by atomic mass is 16.5. The molecule has 0 aromatic carbocycles. The van der Waals surface area contributed by atoms with Gasteiger partial charge in [0.15, 0.2) is 0 Å². The Balaban J connectivity index is 2.04. The molecule has 1 aliphatic rings. The van der Waals surface area contributed by atoms with E-state index in [1.807, 2.05) is 0 Å². The van der Waals surface area contributed by atoms with Crippen LogP contribution in [0.3, 0.4) is 0 Å². The Labute approximate surface area is 113 Å². The van der Waals surface area contributed by atoms with Gasteiger partial charge in [0.05, 0.1) is 13.2 Å². The van der Waals surface area contributed by atoms with Crippen LogP contribution in [0.25, 0.3) is 0 Å². The van der Waals surface area contributed by atoms with Crippen LogP contribution in [0.2, 0.25) is 0 Å². The number of rotatable bonds is 6. The third-order valence-corrected chi connectivity index (χ3v) is 2.68. The molecule has 1 rings (SSSR count). The van der Waals surface area contributed by atoms with Crippen LogP contribution >= 0.6 is 0 Å². The Kier molecular flexibility index (Phi) is 7.60. The van der Waals surface area contributed by atoms with Crippen LogP contribution < -0.4 is 16.2 Å². The molecule has 0 aromatic heterocycles. The molecule has 0 saturated carbocycles. The number of nitrogens with one attached hydrogen (secondary N) is 3. The van der Waals surface area contributed by atoms with Crippen molar-refractivity contribution in [1.29, 1.82) is 0 Å². The van der Waals surface area contributed by atoms with Gasteiger partial charge in [0.25, 0.3) is 0 Å². The normalized spacial score (nSPS) is 16.3. The maximum Gasteiger partial charge on any atom is 0.327 e. The lowest BCUT2D eigenvalue weighted by Gasteiger charge is -2.26.